The number of nitrogens with one attached hydrogen (secondary N) is 1. The summed E-state index contributed by atoms with van der Waals surface area (Å²) in [6, 6.07) is 12.6. The number of amides is 1. The fourth-order valence-electron chi connectivity index (χ4n) is 5.41. The molecule has 0 aromatic heterocycles. The van der Waals surface area contributed by atoms with E-state index in [1.807, 2.05) is 32.9 Å². The third-order valence-corrected chi connectivity index (χ3v) is 7.51. The highest BCUT2D eigenvalue weighted by Crippen LogP contribution is 2.57. The van der Waals surface area contributed by atoms with E-state index >= 15 is 0 Å². The fraction of sp³-hybridized carbons (Fsp3) is 0.269. The molecule has 1 atom stereocenters. The molecule has 34 heavy (non-hydrogen) atoms. The SMILES string of the molecule is Cc1ccc(N2C(N)=C(C#N)C3(C(=O)Nc4ccc(Cl)cc43)C3=C2CC(C)(C)CC3=O)cc1Cl. The minimum Gasteiger partial charge on any atom is -0.384 e. The van der Waals surface area contributed by atoms with E-state index in [2.05, 4.69) is 11.4 Å². The summed E-state index contributed by atoms with van der Waals surface area (Å²) in [4.78, 5) is 29.2. The van der Waals surface area contributed by atoms with Crippen molar-refractivity contribution in [1.82, 2.24) is 0 Å². The van der Waals surface area contributed by atoms with Crippen LogP contribution < -0.4 is 16.0 Å². The number of nitrogens with two attached hydrogens (primary N) is 1. The maximum atomic E-state index is 13.8. The Morgan fingerprint density at radius 3 is 2.53 bits per heavy atom. The number of nitrogens with zero attached hydrogens (tertiary/aromatic N) is 2. The van der Waals surface area contributed by atoms with Crippen LogP contribution in [-0.4, -0.2) is 11.7 Å². The summed E-state index contributed by atoms with van der Waals surface area (Å²) >= 11 is 12.7. The lowest BCUT2D eigenvalue weighted by atomic mass is 9.61. The topological polar surface area (TPSA) is 99.2 Å². The van der Waals surface area contributed by atoms with Gasteiger partial charge >= 0.3 is 0 Å². The lowest BCUT2D eigenvalue weighted by Gasteiger charge is -2.46. The molecule has 6 nitrogen and oxygen atoms in total. The maximum absolute atomic E-state index is 13.8. The molecule has 2 aliphatic heterocycles. The number of nitriles is 1. The van der Waals surface area contributed by atoms with Gasteiger partial charge in [0.25, 0.3) is 0 Å². The molecule has 2 aromatic carbocycles. The van der Waals surface area contributed by atoms with Gasteiger partial charge in [0.2, 0.25) is 5.91 Å². The van der Waals surface area contributed by atoms with Crippen LogP contribution in [0.15, 0.2) is 59.1 Å². The van der Waals surface area contributed by atoms with Gasteiger partial charge in [-0.1, -0.05) is 43.1 Å². The normalized spacial score (nSPS) is 23.1. The number of allylic oxidation sites excluding steroid dienone is 1. The summed E-state index contributed by atoms with van der Waals surface area (Å²) in [6.07, 6.45) is 0.710. The van der Waals surface area contributed by atoms with E-state index in [4.69, 9.17) is 28.9 Å². The van der Waals surface area contributed by atoms with Crippen molar-refractivity contribution in [1.29, 1.82) is 5.26 Å². The number of carbonyl (C=O) groups is 2. The predicted molar refractivity (Wildman–Crippen MR) is 132 cm³/mol. The molecule has 0 saturated carbocycles. The second-order valence-corrected chi connectivity index (χ2v) is 10.6. The Labute approximate surface area is 207 Å². The third kappa shape index (κ3) is 2.94. The van der Waals surface area contributed by atoms with Crippen molar-refractivity contribution in [2.24, 2.45) is 11.1 Å². The highest BCUT2D eigenvalue weighted by Gasteiger charge is 2.61. The van der Waals surface area contributed by atoms with Crippen LogP contribution in [0, 0.1) is 23.7 Å². The summed E-state index contributed by atoms with van der Waals surface area (Å²) in [6.45, 7) is 5.89. The molecule has 172 valence electrons. The molecule has 0 bridgehead atoms. The van der Waals surface area contributed by atoms with Gasteiger partial charge in [-0.15, -0.1) is 0 Å². The summed E-state index contributed by atoms with van der Waals surface area (Å²) in [5, 5.41) is 14.1. The van der Waals surface area contributed by atoms with Crippen molar-refractivity contribution in [2.75, 3.05) is 10.2 Å². The second-order valence-electron chi connectivity index (χ2n) is 9.80. The van der Waals surface area contributed by atoms with Crippen LogP contribution in [0.25, 0.3) is 0 Å². The summed E-state index contributed by atoms with van der Waals surface area (Å²) < 4.78 is 0. The Bertz CT molecular complexity index is 1420. The molecule has 1 amide bonds. The molecular weight excluding hydrogens is 471 g/mol. The number of rotatable bonds is 1. The van der Waals surface area contributed by atoms with Gasteiger partial charge in [-0.25, -0.2) is 0 Å². The number of Topliss-reactive ketones (excluding diaryl/α,β-unsaturated/α-hetero) is 1. The standard InChI is InChI=1S/C26H22Cl2N4O2/c1-13-4-6-15(9-18(13)28)32-20-10-25(2,3)11-21(33)22(20)26(17(12-29)23(32)30)16-8-14(27)5-7-19(16)31-24(26)34/h4-9H,10-11,30H2,1-3H3,(H,31,34). The Morgan fingerprint density at radius 2 is 1.85 bits per heavy atom. The smallest absolute Gasteiger partial charge is 0.245 e. The number of fused-ring (bicyclic) bond motifs is 3. The fourth-order valence-corrected chi connectivity index (χ4v) is 5.75. The molecule has 3 aliphatic rings. The van der Waals surface area contributed by atoms with E-state index in [-0.39, 0.29) is 34.6 Å². The number of anilines is 2. The van der Waals surface area contributed by atoms with Gasteiger partial charge in [0.15, 0.2) is 5.78 Å². The van der Waals surface area contributed by atoms with Crippen LogP contribution in [0.5, 0.6) is 0 Å². The van der Waals surface area contributed by atoms with Crippen molar-refractivity contribution in [2.45, 2.75) is 39.0 Å². The van der Waals surface area contributed by atoms with Gasteiger partial charge in [-0.05, 0) is 54.7 Å². The van der Waals surface area contributed by atoms with Crippen LogP contribution in [0.2, 0.25) is 10.0 Å². The molecule has 8 heteroatoms. The molecular formula is C26H22Cl2N4O2. The van der Waals surface area contributed by atoms with Gasteiger partial charge < -0.3 is 11.1 Å². The van der Waals surface area contributed by atoms with Crippen molar-refractivity contribution in [3.05, 3.63) is 80.2 Å². The van der Waals surface area contributed by atoms with E-state index in [0.717, 1.165) is 5.56 Å². The summed E-state index contributed by atoms with van der Waals surface area (Å²) in [5.74, 6) is -0.584. The molecule has 1 aliphatic carbocycles. The zero-order valence-electron chi connectivity index (χ0n) is 18.9. The van der Waals surface area contributed by atoms with Crippen molar-refractivity contribution in [3.8, 4) is 6.07 Å². The Hall–Kier alpha value is -3.27. The van der Waals surface area contributed by atoms with Crippen molar-refractivity contribution in [3.63, 3.8) is 0 Å². The van der Waals surface area contributed by atoms with Gasteiger partial charge in [-0.2, -0.15) is 5.26 Å². The van der Waals surface area contributed by atoms with Crippen molar-refractivity contribution >= 4 is 46.3 Å². The van der Waals surface area contributed by atoms with E-state index in [9.17, 15) is 14.9 Å². The van der Waals surface area contributed by atoms with Crippen molar-refractivity contribution < 1.29 is 9.59 Å². The Balaban J connectivity index is 1.91. The van der Waals surface area contributed by atoms with E-state index in [1.54, 1.807) is 29.2 Å². The Morgan fingerprint density at radius 1 is 1.12 bits per heavy atom. The van der Waals surface area contributed by atoms with Gasteiger partial charge in [-0.3, -0.25) is 14.5 Å². The summed E-state index contributed by atoms with van der Waals surface area (Å²) in [7, 11) is 0. The number of ketones is 1. The lowest BCUT2D eigenvalue weighted by Crippen LogP contribution is -2.52. The minimum atomic E-state index is -1.66. The van der Waals surface area contributed by atoms with Crippen LogP contribution >= 0.6 is 23.2 Å². The van der Waals surface area contributed by atoms with Crippen LogP contribution in [-0.2, 0) is 15.0 Å². The third-order valence-electron chi connectivity index (χ3n) is 6.87. The first kappa shape index (κ1) is 22.5. The number of hydrogen-bond acceptors (Lipinski definition) is 5. The largest absolute Gasteiger partial charge is 0.384 e. The highest BCUT2D eigenvalue weighted by atomic mass is 35.5. The quantitative estimate of drug-likeness (QED) is 0.558. The maximum Gasteiger partial charge on any atom is 0.245 e. The Kier molecular flexibility index (Phi) is 4.88. The molecule has 2 aromatic rings. The first-order chi connectivity index (χ1) is 16.0. The predicted octanol–water partition coefficient (Wildman–Crippen LogP) is 5.35. The first-order valence-corrected chi connectivity index (χ1v) is 11.6. The lowest BCUT2D eigenvalue weighted by molar-refractivity contribution is -0.123. The monoisotopic (exact) mass is 492 g/mol. The number of hydrogen-bond donors (Lipinski definition) is 2. The first-order valence-electron chi connectivity index (χ1n) is 10.9. The van der Waals surface area contributed by atoms with Crippen LogP contribution in [0.4, 0.5) is 11.4 Å². The molecule has 0 fully saturated rings. The highest BCUT2D eigenvalue weighted by molar-refractivity contribution is 6.32. The number of halogens is 2. The molecule has 0 radical (unpaired) electrons. The van der Waals surface area contributed by atoms with Gasteiger partial charge in [0.05, 0.1) is 5.57 Å². The second kappa shape index (κ2) is 7.36. The van der Waals surface area contributed by atoms with Gasteiger partial charge in [0.1, 0.15) is 17.3 Å². The molecule has 2 heterocycles. The van der Waals surface area contributed by atoms with E-state index in [0.29, 0.717) is 39.1 Å². The average molecular weight is 493 g/mol. The molecule has 1 spiro atoms. The average Bonchev–Trinajstić information content (AvgIpc) is 3.01. The zero-order valence-corrected chi connectivity index (χ0v) is 20.4. The molecule has 3 N–H and O–H groups in total. The van der Waals surface area contributed by atoms with Crippen LogP contribution in [0.3, 0.4) is 0 Å². The van der Waals surface area contributed by atoms with E-state index in [1.165, 1.54) is 0 Å². The number of carbonyl (C=O) groups excluding carboxylic acids is 2. The molecule has 0 saturated heterocycles. The number of benzene rings is 2. The molecule has 1 unspecified atom stereocenters. The molecule has 5 rings (SSSR count). The summed E-state index contributed by atoms with van der Waals surface area (Å²) in [5.41, 5.74) is 8.00. The van der Waals surface area contributed by atoms with E-state index < -0.39 is 11.3 Å². The van der Waals surface area contributed by atoms with Crippen LogP contribution in [0.1, 0.15) is 37.8 Å². The zero-order chi connectivity index (χ0) is 24.6. The van der Waals surface area contributed by atoms with Gasteiger partial charge in [0, 0.05) is 44.7 Å². The minimum absolute atomic E-state index is 0.00507. The number of aryl methyl sites for hydroxylation is 1.